The van der Waals surface area contributed by atoms with Gasteiger partial charge < -0.3 is 16.0 Å². The van der Waals surface area contributed by atoms with E-state index in [0.717, 1.165) is 53.1 Å². The second kappa shape index (κ2) is 12.3. The number of thiocarbonyl (C=S) groups is 1. The zero-order valence-electron chi connectivity index (χ0n) is 20.6. The van der Waals surface area contributed by atoms with E-state index in [4.69, 9.17) is 12.2 Å². The minimum atomic E-state index is -0.494. The summed E-state index contributed by atoms with van der Waals surface area (Å²) in [7, 11) is 0. The molecule has 1 aliphatic carbocycles. The van der Waals surface area contributed by atoms with Gasteiger partial charge in [-0.1, -0.05) is 54.6 Å². The number of carbonyl (C=O) groups is 1. The van der Waals surface area contributed by atoms with E-state index in [1.807, 2.05) is 84.9 Å². The van der Waals surface area contributed by atoms with E-state index in [1.165, 1.54) is 16.6 Å². The minimum Gasteiger partial charge on any atom is -0.332 e. The quantitative estimate of drug-likeness (QED) is 0.160. The minimum absolute atomic E-state index is 0.143. The molecule has 190 valence electrons. The van der Waals surface area contributed by atoms with Crippen LogP contribution in [0.2, 0.25) is 0 Å². The van der Waals surface area contributed by atoms with E-state index in [-0.39, 0.29) is 5.91 Å². The van der Waals surface area contributed by atoms with Crippen molar-refractivity contribution in [3.05, 3.63) is 106 Å². The van der Waals surface area contributed by atoms with Crippen LogP contribution in [0, 0.1) is 11.3 Å². The van der Waals surface area contributed by atoms with E-state index < -0.39 is 5.25 Å². The molecule has 0 fully saturated rings. The summed E-state index contributed by atoms with van der Waals surface area (Å²) in [6.45, 7) is 0. The normalized spacial score (nSPS) is 13.0. The molecule has 5 rings (SSSR count). The van der Waals surface area contributed by atoms with E-state index in [1.54, 1.807) is 11.3 Å². The van der Waals surface area contributed by atoms with Crippen molar-refractivity contribution in [1.29, 1.82) is 5.26 Å². The fourth-order valence-corrected chi connectivity index (χ4v) is 7.01. The molecule has 3 N–H and O–H groups in total. The average Bonchev–Trinajstić information content (AvgIpc) is 3.29. The first-order chi connectivity index (χ1) is 18.6. The number of aryl methyl sites for hydroxylation is 1. The summed E-state index contributed by atoms with van der Waals surface area (Å²) >= 11 is 8.50. The molecule has 8 heteroatoms. The molecule has 0 spiro atoms. The van der Waals surface area contributed by atoms with Crippen LogP contribution in [0.25, 0.3) is 0 Å². The Bertz CT molecular complexity index is 1480. The number of nitrogens with one attached hydrogen (secondary N) is 3. The number of thioether (sulfide) groups is 1. The van der Waals surface area contributed by atoms with Crippen LogP contribution < -0.4 is 16.0 Å². The lowest BCUT2D eigenvalue weighted by molar-refractivity contribution is -0.115. The number of thiophene rings is 1. The summed E-state index contributed by atoms with van der Waals surface area (Å²) in [6.07, 6.45) is 4.09. The van der Waals surface area contributed by atoms with Crippen LogP contribution in [-0.2, 0) is 17.6 Å². The van der Waals surface area contributed by atoms with Crippen molar-refractivity contribution in [1.82, 2.24) is 0 Å². The Morgan fingerprint density at radius 1 is 0.895 bits per heavy atom. The van der Waals surface area contributed by atoms with Crippen molar-refractivity contribution in [2.24, 2.45) is 0 Å². The monoisotopic (exact) mass is 554 g/mol. The highest BCUT2D eigenvalue weighted by molar-refractivity contribution is 8.00. The second-order valence-corrected chi connectivity index (χ2v) is 11.6. The Balaban J connectivity index is 1.35. The van der Waals surface area contributed by atoms with Gasteiger partial charge in [0.15, 0.2) is 5.11 Å². The lowest BCUT2D eigenvalue weighted by Gasteiger charge is -2.18. The molecule has 38 heavy (non-hydrogen) atoms. The van der Waals surface area contributed by atoms with Crippen molar-refractivity contribution in [3.63, 3.8) is 0 Å². The van der Waals surface area contributed by atoms with Gasteiger partial charge in [0.2, 0.25) is 5.91 Å². The number of anilines is 3. The van der Waals surface area contributed by atoms with Crippen LogP contribution in [0.4, 0.5) is 16.4 Å². The van der Waals surface area contributed by atoms with Crippen LogP contribution >= 0.6 is 35.3 Å². The third-order valence-corrected chi connectivity index (χ3v) is 8.90. The van der Waals surface area contributed by atoms with E-state index >= 15 is 0 Å². The third-order valence-electron chi connectivity index (χ3n) is 6.24. The lowest BCUT2D eigenvalue weighted by atomic mass is 9.96. The number of amides is 1. The zero-order valence-corrected chi connectivity index (χ0v) is 23.0. The fraction of sp³-hybridized carbons (Fsp3) is 0.167. The molecule has 1 unspecified atom stereocenters. The van der Waals surface area contributed by atoms with Crippen LogP contribution in [0.1, 0.15) is 39.7 Å². The molecule has 1 aromatic heterocycles. The number of fused-ring (bicyclic) bond motifs is 1. The van der Waals surface area contributed by atoms with E-state index in [0.29, 0.717) is 15.7 Å². The van der Waals surface area contributed by atoms with Crippen molar-refractivity contribution >= 4 is 62.7 Å². The van der Waals surface area contributed by atoms with Crippen molar-refractivity contribution < 1.29 is 4.79 Å². The zero-order chi connectivity index (χ0) is 26.3. The predicted molar refractivity (Wildman–Crippen MR) is 162 cm³/mol. The molecule has 4 aromatic rings. The summed E-state index contributed by atoms with van der Waals surface area (Å²) < 4.78 is 0. The van der Waals surface area contributed by atoms with Gasteiger partial charge in [-0.05, 0) is 79.4 Å². The molecule has 0 saturated heterocycles. The Morgan fingerprint density at radius 2 is 1.58 bits per heavy atom. The van der Waals surface area contributed by atoms with Crippen LogP contribution in [0.5, 0.6) is 0 Å². The first-order valence-corrected chi connectivity index (χ1v) is 14.5. The molecule has 5 nitrogen and oxygen atoms in total. The van der Waals surface area contributed by atoms with Crippen LogP contribution in [0.3, 0.4) is 0 Å². The summed E-state index contributed by atoms with van der Waals surface area (Å²) in [4.78, 5) is 15.8. The highest BCUT2D eigenvalue weighted by atomic mass is 32.2. The maximum Gasteiger partial charge on any atom is 0.243 e. The molecule has 0 bridgehead atoms. The number of benzene rings is 3. The maximum atomic E-state index is 13.7. The molecule has 1 aliphatic rings. The molecule has 3 aromatic carbocycles. The number of carbonyl (C=O) groups excluding carboxylic acids is 1. The van der Waals surface area contributed by atoms with Crippen molar-refractivity contribution in [2.45, 2.75) is 35.8 Å². The van der Waals surface area contributed by atoms with Crippen molar-refractivity contribution in [2.75, 3.05) is 16.0 Å². The summed E-state index contributed by atoms with van der Waals surface area (Å²) in [5, 5.41) is 20.0. The standard InChI is InChI=1S/C30H26N4OS3/c31-19-25-24-16-7-8-17-26(24)38-29(25)34-28(35)27(20-10-3-1-4-11-20)37-23-15-9-14-22(18-23)33-30(36)32-21-12-5-2-6-13-21/h1-6,9-15,18,27H,7-8,16-17H2,(H,34,35)(H2,32,33,36). The molecular weight excluding hydrogens is 529 g/mol. The van der Waals surface area contributed by atoms with Gasteiger partial charge in [-0.2, -0.15) is 5.26 Å². The largest absolute Gasteiger partial charge is 0.332 e. The van der Waals surface area contributed by atoms with Gasteiger partial charge in [-0.3, -0.25) is 4.79 Å². The van der Waals surface area contributed by atoms with E-state index in [9.17, 15) is 10.1 Å². The summed E-state index contributed by atoms with van der Waals surface area (Å²) in [5.41, 5.74) is 4.37. The SMILES string of the molecule is N#Cc1c(NC(=O)C(Sc2cccc(NC(=S)Nc3ccccc3)c2)c2ccccc2)sc2c1CCCC2. The smallest absolute Gasteiger partial charge is 0.243 e. The molecule has 0 aliphatic heterocycles. The number of para-hydroxylation sites is 1. The topological polar surface area (TPSA) is 77.0 Å². The number of nitrogens with zero attached hydrogens (tertiary/aromatic N) is 1. The first-order valence-electron chi connectivity index (χ1n) is 12.4. The number of rotatable bonds is 7. The Kier molecular flexibility index (Phi) is 8.39. The van der Waals surface area contributed by atoms with Gasteiger partial charge in [0, 0.05) is 21.1 Å². The van der Waals surface area contributed by atoms with Gasteiger partial charge >= 0.3 is 0 Å². The Hall–Kier alpha value is -3.64. The number of hydrogen-bond acceptors (Lipinski definition) is 5. The Morgan fingerprint density at radius 3 is 2.34 bits per heavy atom. The molecule has 0 saturated carbocycles. The van der Waals surface area contributed by atoms with Gasteiger partial charge in [0.1, 0.15) is 16.3 Å². The van der Waals surface area contributed by atoms with Crippen molar-refractivity contribution in [3.8, 4) is 6.07 Å². The molecule has 1 amide bonds. The third kappa shape index (κ3) is 6.25. The Labute approximate surface area is 236 Å². The van der Waals surface area contributed by atoms with Gasteiger partial charge in [0.25, 0.3) is 0 Å². The molecule has 1 atom stereocenters. The van der Waals surface area contributed by atoms with Gasteiger partial charge in [-0.25, -0.2) is 0 Å². The maximum absolute atomic E-state index is 13.7. The van der Waals surface area contributed by atoms with Gasteiger partial charge in [-0.15, -0.1) is 23.1 Å². The highest BCUT2D eigenvalue weighted by Crippen LogP contribution is 2.41. The second-order valence-electron chi connectivity index (χ2n) is 8.90. The fourth-order valence-electron chi connectivity index (χ4n) is 4.45. The van der Waals surface area contributed by atoms with E-state index in [2.05, 4.69) is 22.0 Å². The predicted octanol–water partition coefficient (Wildman–Crippen LogP) is 7.78. The average molecular weight is 555 g/mol. The summed E-state index contributed by atoms with van der Waals surface area (Å²) in [5.74, 6) is -0.143. The number of nitriles is 1. The highest BCUT2D eigenvalue weighted by Gasteiger charge is 2.26. The molecule has 1 heterocycles. The molecular formula is C30H26N4OS3. The lowest BCUT2D eigenvalue weighted by Crippen LogP contribution is -2.19. The van der Waals surface area contributed by atoms with Gasteiger partial charge in [0.05, 0.1) is 5.56 Å². The van der Waals surface area contributed by atoms with Crippen LogP contribution in [0.15, 0.2) is 89.8 Å². The molecule has 0 radical (unpaired) electrons. The summed E-state index contributed by atoms with van der Waals surface area (Å²) in [6, 6.07) is 29.7. The first kappa shape index (κ1) is 26.0. The van der Waals surface area contributed by atoms with Crippen LogP contribution in [-0.4, -0.2) is 11.0 Å². The number of hydrogen-bond donors (Lipinski definition) is 3.